The van der Waals surface area contributed by atoms with Crippen LogP contribution in [0.15, 0.2) is 48.7 Å². The van der Waals surface area contributed by atoms with Crippen LogP contribution in [-0.4, -0.2) is 59.2 Å². The highest BCUT2D eigenvalue weighted by Crippen LogP contribution is 2.16. The SMILES string of the molecule is COCc1nn(-c2ccccc2)nc1C(=O)Nc1ccc(N2CCNCC2)nc1. The lowest BCUT2D eigenvalue weighted by Crippen LogP contribution is -2.43. The molecule has 1 fully saturated rings. The van der Waals surface area contributed by atoms with Crippen molar-refractivity contribution in [1.29, 1.82) is 0 Å². The molecule has 9 nitrogen and oxygen atoms in total. The Hall–Kier alpha value is -3.30. The van der Waals surface area contributed by atoms with E-state index >= 15 is 0 Å². The summed E-state index contributed by atoms with van der Waals surface area (Å²) >= 11 is 0. The minimum atomic E-state index is -0.351. The summed E-state index contributed by atoms with van der Waals surface area (Å²) in [5.74, 6) is 0.551. The molecule has 3 heterocycles. The molecule has 9 heteroatoms. The van der Waals surface area contributed by atoms with Gasteiger partial charge in [-0.05, 0) is 24.3 Å². The molecule has 2 N–H and O–H groups in total. The zero-order chi connectivity index (χ0) is 20.1. The van der Waals surface area contributed by atoms with Crippen molar-refractivity contribution in [3.8, 4) is 5.69 Å². The van der Waals surface area contributed by atoms with Gasteiger partial charge in [0.2, 0.25) is 0 Å². The fraction of sp³-hybridized carbons (Fsp3) is 0.300. The molecule has 0 atom stereocenters. The standard InChI is InChI=1S/C20H23N7O2/c1-29-14-17-19(25-27(24-17)16-5-3-2-4-6-16)20(28)23-15-7-8-18(22-13-15)26-11-9-21-10-12-26/h2-8,13,21H,9-12,14H2,1H3,(H,23,28). The van der Waals surface area contributed by atoms with E-state index in [9.17, 15) is 4.79 Å². The quantitative estimate of drug-likeness (QED) is 0.654. The number of hydrogen-bond donors (Lipinski definition) is 2. The van der Waals surface area contributed by atoms with Crippen molar-refractivity contribution in [3.05, 3.63) is 60.0 Å². The minimum absolute atomic E-state index is 0.190. The molecule has 2 aromatic heterocycles. The summed E-state index contributed by atoms with van der Waals surface area (Å²) < 4.78 is 5.18. The first-order valence-corrected chi connectivity index (χ1v) is 9.48. The number of nitrogens with zero attached hydrogens (tertiary/aromatic N) is 5. The lowest BCUT2D eigenvalue weighted by molar-refractivity contribution is 0.101. The fourth-order valence-electron chi connectivity index (χ4n) is 3.15. The maximum atomic E-state index is 12.8. The van der Waals surface area contributed by atoms with Crippen molar-refractivity contribution in [1.82, 2.24) is 25.3 Å². The van der Waals surface area contributed by atoms with E-state index in [1.807, 2.05) is 42.5 Å². The molecule has 0 aliphatic carbocycles. The van der Waals surface area contributed by atoms with Crippen molar-refractivity contribution in [2.24, 2.45) is 0 Å². The molecule has 3 aromatic rings. The lowest BCUT2D eigenvalue weighted by atomic mass is 10.3. The van der Waals surface area contributed by atoms with Crippen LogP contribution in [0.4, 0.5) is 11.5 Å². The number of rotatable bonds is 6. The topological polar surface area (TPSA) is 97.2 Å². The number of para-hydroxylation sites is 1. The van der Waals surface area contributed by atoms with Gasteiger partial charge in [-0.15, -0.1) is 10.2 Å². The second-order valence-electron chi connectivity index (χ2n) is 6.65. The Kier molecular flexibility index (Phi) is 5.78. The van der Waals surface area contributed by atoms with E-state index in [-0.39, 0.29) is 18.2 Å². The maximum absolute atomic E-state index is 12.8. The Bertz CT molecular complexity index is 951. The Labute approximate surface area is 168 Å². The zero-order valence-corrected chi connectivity index (χ0v) is 16.2. The zero-order valence-electron chi connectivity index (χ0n) is 16.2. The molecule has 0 bridgehead atoms. The largest absolute Gasteiger partial charge is 0.378 e. The van der Waals surface area contributed by atoms with E-state index in [1.54, 1.807) is 13.3 Å². The van der Waals surface area contributed by atoms with Crippen molar-refractivity contribution < 1.29 is 9.53 Å². The summed E-state index contributed by atoms with van der Waals surface area (Å²) in [6.07, 6.45) is 1.66. The average Bonchev–Trinajstić information content (AvgIpc) is 3.20. The normalized spacial score (nSPS) is 14.0. The van der Waals surface area contributed by atoms with Gasteiger partial charge in [-0.1, -0.05) is 18.2 Å². The van der Waals surface area contributed by atoms with Crippen LogP contribution in [0.3, 0.4) is 0 Å². The van der Waals surface area contributed by atoms with Crippen LogP contribution in [0, 0.1) is 0 Å². The van der Waals surface area contributed by atoms with E-state index < -0.39 is 0 Å². The molecule has 1 saturated heterocycles. The van der Waals surface area contributed by atoms with Gasteiger partial charge in [0.25, 0.3) is 5.91 Å². The van der Waals surface area contributed by atoms with Gasteiger partial charge in [-0.25, -0.2) is 4.98 Å². The summed E-state index contributed by atoms with van der Waals surface area (Å²) in [6, 6.07) is 13.2. The van der Waals surface area contributed by atoms with Gasteiger partial charge in [-0.3, -0.25) is 4.79 Å². The predicted molar refractivity (Wildman–Crippen MR) is 109 cm³/mol. The third-order valence-electron chi connectivity index (χ3n) is 4.61. The number of hydrogen-bond acceptors (Lipinski definition) is 7. The van der Waals surface area contributed by atoms with Crippen LogP contribution in [0.2, 0.25) is 0 Å². The Morgan fingerprint density at radius 3 is 2.62 bits per heavy atom. The van der Waals surface area contributed by atoms with Crippen LogP contribution in [0.1, 0.15) is 16.2 Å². The fourth-order valence-corrected chi connectivity index (χ4v) is 3.15. The lowest BCUT2D eigenvalue weighted by Gasteiger charge is -2.28. The Morgan fingerprint density at radius 2 is 1.93 bits per heavy atom. The van der Waals surface area contributed by atoms with Crippen LogP contribution in [0.25, 0.3) is 5.69 Å². The molecule has 0 radical (unpaired) electrons. The molecule has 1 aromatic carbocycles. The second kappa shape index (κ2) is 8.80. The van der Waals surface area contributed by atoms with Gasteiger partial charge in [0.1, 0.15) is 11.5 Å². The van der Waals surface area contributed by atoms with E-state index in [4.69, 9.17) is 4.74 Å². The molecule has 0 unspecified atom stereocenters. The molecule has 0 spiro atoms. The van der Waals surface area contributed by atoms with E-state index in [1.165, 1.54) is 4.80 Å². The first kappa shape index (κ1) is 19.0. The Morgan fingerprint density at radius 1 is 1.14 bits per heavy atom. The van der Waals surface area contributed by atoms with Gasteiger partial charge in [-0.2, -0.15) is 4.80 Å². The van der Waals surface area contributed by atoms with Gasteiger partial charge < -0.3 is 20.3 Å². The Balaban J connectivity index is 1.51. The molecule has 1 aliphatic rings. The van der Waals surface area contributed by atoms with Crippen molar-refractivity contribution in [2.45, 2.75) is 6.61 Å². The number of ether oxygens (including phenoxy) is 1. The number of anilines is 2. The molecule has 4 rings (SSSR count). The highest BCUT2D eigenvalue weighted by Gasteiger charge is 2.20. The van der Waals surface area contributed by atoms with Crippen molar-refractivity contribution in [2.75, 3.05) is 43.5 Å². The summed E-state index contributed by atoms with van der Waals surface area (Å²) in [4.78, 5) is 20.9. The monoisotopic (exact) mass is 393 g/mol. The van der Waals surface area contributed by atoms with Crippen molar-refractivity contribution >= 4 is 17.4 Å². The van der Waals surface area contributed by atoms with Crippen molar-refractivity contribution in [3.63, 3.8) is 0 Å². The molecule has 0 saturated carbocycles. The summed E-state index contributed by atoms with van der Waals surface area (Å²) in [6.45, 7) is 3.91. The minimum Gasteiger partial charge on any atom is -0.378 e. The summed E-state index contributed by atoms with van der Waals surface area (Å²) in [5, 5.41) is 14.9. The van der Waals surface area contributed by atoms with E-state index in [2.05, 4.69) is 30.7 Å². The highest BCUT2D eigenvalue weighted by molar-refractivity contribution is 6.03. The third kappa shape index (κ3) is 4.41. The number of nitrogens with one attached hydrogen (secondary N) is 2. The van der Waals surface area contributed by atoms with Crippen LogP contribution in [-0.2, 0) is 11.3 Å². The number of amides is 1. The van der Waals surface area contributed by atoms with Gasteiger partial charge in [0.05, 0.1) is 24.2 Å². The highest BCUT2D eigenvalue weighted by atomic mass is 16.5. The molecule has 150 valence electrons. The second-order valence-corrected chi connectivity index (χ2v) is 6.65. The smallest absolute Gasteiger partial charge is 0.278 e. The number of piperazine rings is 1. The van der Waals surface area contributed by atoms with Gasteiger partial charge >= 0.3 is 0 Å². The molecular formula is C20H23N7O2. The molecule has 1 aliphatic heterocycles. The van der Waals surface area contributed by atoms with E-state index in [0.717, 1.165) is 37.7 Å². The number of benzene rings is 1. The van der Waals surface area contributed by atoms with Crippen LogP contribution >= 0.6 is 0 Å². The summed E-state index contributed by atoms with van der Waals surface area (Å²) in [5.41, 5.74) is 2.07. The number of carbonyl (C=O) groups is 1. The number of methoxy groups -OCH3 is 1. The maximum Gasteiger partial charge on any atom is 0.278 e. The molecular weight excluding hydrogens is 370 g/mol. The first-order valence-electron chi connectivity index (χ1n) is 9.48. The van der Waals surface area contributed by atoms with Crippen LogP contribution in [0.5, 0.6) is 0 Å². The first-order chi connectivity index (χ1) is 14.2. The number of pyridine rings is 1. The number of aromatic nitrogens is 4. The number of carbonyl (C=O) groups excluding carboxylic acids is 1. The van der Waals surface area contributed by atoms with E-state index in [0.29, 0.717) is 11.4 Å². The third-order valence-corrected chi connectivity index (χ3v) is 4.61. The van der Waals surface area contributed by atoms with Crippen LogP contribution < -0.4 is 15.5 Å². The van der Waals surface area contributed by atoms with Gasteiger partial charge in [0.15, 0.2) is 5.69 Å². The molecule has 29 heavy (non-hydrogen) atoms. The average molecular weight is 393 g/mol. The van der Waals surface area contributed by atoms with Gasteiger partial charge in [0, 0.05) is 33.3 Å². The molecule has 1 amide bonds. The summed E-state index contributed by atoms with van der Waals surface area (Å²) in [7, 11) is 1.56. The predicted octanol–water partition coefficient (Wildman–Crippen LogP) is 1.47.